The summed E-state index contributed by atoms with van der Waals surface area (Å²) < 4.78 is 46.1. The number of rotatable bonds is 4. The number of hydrogen-bond donors (Lipinski definition) is 1. The fraction of sp³-hybridized carbons (Fsp3) is 0.0769. The molecule has 25 heavy (non-hydrogen) atoms. The smallest absolute Gasteiger partial charge is 0.406 e. The Kier molecular flexibility index (Phi) is 4.04. The van der Waals surface area contributed by atoms with Crippen molar-refractivity contribution in [3.8, 4) is 5.75 Å². The van der Waals surface area contributed by atoms with Crippen LogP contribution in [0.1, 0.15) is 10.8 Å². The lowest BCUT2D eigenvalue weighted by molar-refractivity contribution is -0.402. The Morgan fingerprint density at radius 2 is 2.12 bits per heavy atom. The number of nitrogens with zero attached hydrogens (tertiary/aromatic N) is 3. The van der Waals surface area contributed by atoms with E-state index in [-0.39, 0.29) is 16.5 Å². The van der Waals surface area contributed by atoms with Gasteiger partial charge in [-0.05, 0) is 24.3 Å². The van der Waals surface area contributed by atoms with E-state index in [4.69, 9.17) is 10.3 Å². The maximum atomic E-state index is 12.3. The predicted octanol–water partition coefficient (Wildman–Crippen LogP) is 3.41. The number of aromatic nitrogens is 1. The normalized spacial score (nSPS) is 12.5. The second-order valence-electron chi connectivity index (χ2n) is 4.57. The first-order chi connectivity index (χ1) is 11.8. The van der Waals surface area contributed by atoms with Gasteiger partial charge in [-0.15, -0.1) is 24.5 Å². The number of halogens is 3. The first kappa shape index (κ1) is 16.7. The highest BCUT2D eigenvalue weighted by Crippen LogP contribution is 2.31. The minimum absolute atomic E-state index is 0.0139. The van der Waals surface area contributed by atoms with E-state index in [2.05, 4.69) is 14.8 Å². The molecule has 0 radical (unpaired) electrons. The molecule has 0 amide bonds. The van der Waals surface area contributed by atoms with Crippen molar-refractivity contribution in [2.75, 3.05) is 0 Å². The summed E-state index contributed by atoms with van der Waals surface area (Å²) in [7, 11) is 0. The van der Waals surface area contributed by atoms with E-state index in [0.29, 0.717) is 10.2 Å². The molecule has 130 valence electrons. The summed E-state index contributed by atoms with van der Waals surface area (Å²) in [4.78, 5) is 14.1. The lowest BCUT2D eigenvalue weighted by atomic mass is 10.3. The number of furan rings is 1. The van der Waals surface area contributed by atoms with Crippen LogP contribution >= 0.6 is 11.3 Å². The lowest BCUT2D eigenvalue weighted by Gasteiger charge is -2.07. The van der Waals surface area contributed by atoms with Crippen molar-refractivity contribution in [1.29, 1.82) is 0 Å². The van der Waals surface area contributed by atoms with Crippen LogP contribution in [-0.2, 0) is 0 Å². The van der Waals surface area contributed by atoms with E-state index >= 15 is 0 Å². The summed E-state index contributed by atoms with van der Waals surface area (Å²) in [6, 6.07) is 6.06. The molecule has 2 aromatic heterocycles. The van der Waals surface area contributed by atoms with Crippen molar-refractivity contribution in [3.05, 3.63) is 51.2 Å². The number of benzene rings is 1. The van der Waals surface area contributed by atoms with Gasteiger partial charge < -0.3 is 15.0 Å². The molecule has 8 nitrogen and oxygen atoms in total. The fourth-order valence-corrected chi connectivity index (χ4v) is 2.98. The van der Waals surface area contributed by atoms with Gasteiger partial charge >= 0.3 is 12.2 Å². The first-order valence-corrected chi connectivity index (χ1v) is 7.27. The zero-order valence-corrected chi connectivity index (χ0v) is 12.8. The number of nitrogens with two attached hydrogens (primary N) is 1. The molecular formula is C13H7F3N4O4S. The number of ether oxygens (including phenoxy) is 1. The number of hydrazone groups is 1. The Balaban J connectivity index is 1.97. The lowest BCUT2D eigenvalue weighted by Crippen LogP contribution is -2.16. The number of hydrogen-bond acceptors (Lipinski definition) is 8. The van der Waals surface area contributed by atoms with Gasteiger partial charge in [0.15, 0.2) is 11.5 Å². The summed E-state index contributed by atoms with van der Waals surface area (Å²) >= 11 is 0.984. The fourth-order valence-electron chi connectivity index (χ4n) is 1.98. The van der Waals surface area contributed by atoms with Gasteiger partial charge in [0.05, 0.1) is 16.3 Å². The van der Waals surface area contributed by atoms with E-state index in [1.165, 1.54) is 18.2 Å². The Labute approximate surface area is 140 Å². The second kappa shape index (κ2) is 6.05. The highest BCUT2D eigenvalue weighted by molar-refractivity contribution is 7.20. The van der Waals surface area contributed by atoms with Crippen LogP contribution in [0.15, 0.2) is 39.9 Å². The van der Waals surface area contributed by atoms with Gasteiger partial charge in [-0.2, -0.15) is 5.10 Å². The predicted molar refractivity (Wildman–Crippen MR) is 81.5 cm³/mol. The van der Waals surface area contributed by atoms with Crippen molar-refractivity contribution in [3.63, 3.8) is 0 Å². The van der Waals surface area contributed by atoms with Gasteiger partial charge in [-0.25, -0.2) is 4.98 Å². The maximum absolute atomic E-state index is 12.3. The summed E-state index contributed by atoms with van der Waals surface area (Å²) in [5, 5.41) is 14.4. The van der Waals surface area contributed by atoms with E-state index in [9.17, 15) is 23.3 Å². The minimum Gasteiger partial charge on any atom is -0.406 e. The van der Waals surface area contributed by atoms with Crippen LogP contribution < -0.4 is 10.6 Å². The van der Waals surface area contributed by atoms with Gasteiger partial charge in [0.25, 0.3) is 0 Å². The van der Waals surface area contributed by atoms with Gasteiger partial charge in [-0.3, -0.25) is 10.1 Å². The van der Waals surface area contributed by atoms with E-state index in [0.717, 1.165) is 23.5 Å². The van der Waals surface area contributed by atoms with E-state index < -0.39 is 22.9 Å². The molecule has 0 saturated heterocycles. The van der Waals surface area contributed by atoms with Crippen molar-refractivity contribution < 1.29 is 27.2 Å². The molecule has 2 heterocycles. The van der Waals surface area contributed by atoms with Crippen LogP contribution in [0.4, 0.5) is 19.1 Å². The van der Waals surface area contributed by atoms with Crippen LogP contribution in [0.2, 0.25) is 0 Å². The Morgan fingerprint density at radius 3 is 2.72 bits per heavy atom. The second-order valence-corrected chi connectivity index (χ2v) is 5.60. The molecule has 0 fully saturated rings. The van der Waals surface area contributed by atoms with Gasteiger partial charge in [0.1, 0.15) is 15.7 Å². The third-order valence-corrected chi connectivity index (χ3v) is 3.96. The zero-order valence-electron chi connectivity index (χ0n) is 12.0. The molecule has 0 saturated carbocycles. The Bertz CT molecular complexity index is 979. The first-order valence-electron chi connectivity index (χ1n) is 6.46. The Morgan fingerprint density at radius 1 is 1.36 bits per heavy atom. The molecule has 0 aliphatic carbocycles. The van der Waals surface area contributed by atoms with Crippen molar-refractivity contribution in [2.45, 2.75) is 6.36 Å². The molecule has 1 aromatic carbocycles. The van der Waals surface area contributed by atoms with Gasteiger partial charge in [-0.1, -0.05) is 0 Å². The Hall–Kier alpha value is -3.15. The van der Waals surface area contributed by atoms with Gasteiger partial charge in [0.2, 0.25) is 0 Å². The van der Waals surface area contributed by atoms with Gasteiger partial charge in [0, 0.05) is 0 Å². The average Bonchev–Trinajstić information content (AvgIpc) is 3.13. The van der Waals surface area contributed by atoms with Crippen molar-refractivity contribution in [2.24, 2.45) is 10.9 Å². The number of alkyl halides is 3. The molecule has 3 rings (SSSR count). The van der Waals surface area contributed by atoms with Crippen LogP contribution in [0, 0.1) is 10.1 Å². The van der Waals surface area contributed by atoms with Crippen LogP contribution in [-0.4, -0.2) is 22.0 Å². The summed E-state index contributed by atoms with van der Waals surface area (Å²) in [5.74, 6) is 4.43. The minimum atomic E-state index is -4.81. The van der Waals surface area contributed by atoms with Crippen LogP contribution in [0.3, 0.4) is 0 Å². The van der Waals surface area contributed by atoms with E-state index in [1.54, 1.807) is 0 Å². The summed E-state index contributed by atoms with van der Waals surface area (Å²) in [6.07, 6.45) is -4.81. The third kappa shape index (κ3) is 3.52. The topological polar surface area (TPSA) is 117 Å². The quantitative estimate of drug-likeness (QED) is 0.325. The molecule has 0 aliphatic heterocycles. The molecule has 0 atom stereocenters. The monoisotopic (exact) mass is 372 g/mol. The van der Waals surface area contributed by atoms with Crippen LogP contribution in [0.25, 0.3) is 10.2 Å². The highest BCUT2D eigenvalue weighted by atomic mass is 32.1. The summed E-state index contributed by atoms with van der Waals surface area (Å²) in [6.45, 7) is 0. The molecule has 12 heteroatoms. The van der Waals surface area contributed by atoms with Crippen molar-refractivity contribution >= 4 is 33.1 Å². The van der Waals surface area contributed by atoms with Crippen molar-refractivity contribution in [1.82, 2.24) is 4.98 Å². The zero-order chi connectivity index (χ0) is 18.2. The average molecular weight is 372 g/mol. The maximum Gasteiger partial charge on any atom is 0.573 e. The molecule has 0 spiro atoms. The molecular weight excluding hydrogens is 365 g/mol. The SMILES string of the molecule is NN=C(c1ccc([N+](=O)[O-])o1)c1nc2ccc(OC(F)(F)F)cc2s1. The van der Waals surface area contributed by atoms with Crippen LogP contribution in [0.5, 0.6) is 5.75 Å². The molecule has 3 aromatic rings. The number of nitro groups is 1. The third-order valence-electron chi connectivity index (χ3n) is 2.93. The molecule has 0 aliphatic rings. The largest absolute Gasteiger partial charge is 0.573 e. The highest BCUT2D eigenvalue weighted by Gasteiger charge is 2.31. The number of thiazole rings is 1. The molecule has 2 N–H and O–H groups in total. The standard InChI is InChI=1S/C13H7F3N4O4S/c14-13(15,16)24-6-1-2-7-9(5-6)25-12(18-7)11(19-17)8-3-4-10(23-8)20(21)22/h1-5H,17H2. The summed E-state index contributed by atoms with van der Waals surface area (Å²) in [5.41, 5.74) is 0.421. The molecule has 0 unspecified atom stereocenters. The van der Waals surface area contributed by atoms with E-state index in [1.807, 2.05) is 0 Å². The number of fused-ring (bicyclic) bond motifs is 1. The molecule has 0 bridgehead atoms.